The maximum absolute atomic E-state index is 13.2. The largest absolute Gasteiger partial charge is 0.466 e. The third-order valence-corrected chi connectivity index (χ3v) is 5.11. The van der Waals surface area contributed by atoms with Crippen LogP contribution in [-0.4, -0.2) is 25.2 Å². The molecule has 4 heteroatoms. The Morgan fingerprint density at radius 3 is 1.93 bits per heavy atom. The number of benzene rings is 1. The first-order valence-corrected chi connectivity index (χ1v) is 11.0. The van der Waals surface area contributed by atoms with Crippen LogP contribution in [-0.2, 0) is 24.5 Å². The van der Waals surface area contributed by atoms with Crippen molar-refractivity contribution in [1.82, 2.24) is 0 Å². The zero-order chi connectivity index (χ0) is 20.7. The van der Waals surface area contributed by atoms with Crippen molar-refractivity contribution >= 4 is 11.9 Å². The van der Waals surface area contributed by atoms with Crippen LogP contribution < -0.4 is 0 Å². The van der Waals surface area contributed by atoms with E-state index in [1.54, 1.807) is 0 Å². The molecule has 4 nitrogen and oxygen atoms in total. The Morgan fingerprint density at radius 2 is 1.36 bits per heavy atom. The first kappa shape index (κ1) is 24.2. The third-order valence-electron chi connectivity index (χ3n) is 5.11. The van der Waals surface area contributed by atoms with Gasteiger partial charge in [0.15, 0.2) is 0 Å². The topological polar surface area (TPSA) is 52.6 Å². The molecule has 0 saturated heterocycles. The summed E-state index contributed by atoms with van der Waals surface area (Å²) in [5.74, 6) is -0.615. The monoisotopic (exact) mass is 390 g/mol. The molecule has 1 atom stereocenters. The molecule has 1 aromatic rings. The number of rotatable bonds is 15. The highest BCUT2D eigenvalue weighted by Crippen LogP contribution is 2.36. The Bertz CT molecular complexity index is 555. The summed E-state index contributed by atoms with van der Waals surface area (Å²) in [6, 6.07) is 9.59. The molecule has 0 amide bonds. The minimum absolute atomic E-state index is 0.0374. The molecule has 0 aliphatic heterocycles. The van der Waals surface area contributed by atoms with Crippen molar-refractivity contribution in [2.24, 2.45) is 0 Å². The van der Waals surface area contributed by atoms with E-state index in [1.807, 2.05) is 30.3 Å². The van der Waals surface area contributed by atoms with Gasteiger partial charge in [0.25, 0.3) is 0 Å². The molecule has 0 saturated carbocycles. The molecule has 28 heavy (non-hydrogen) atoms. The van der Waals surface area contributed by atoms with E-state index in [0.29, 0.717) is 19.6 Å². The average molecular weight is 391 g/mol. The van der Waals surface area contributed by atoms with Gasteiger partial charge in [-0.05, 0) is 24.8 Å². The molecule has 0 radical (unpaired) electrons. The molecule has 158 valence electrons. The molecule has 0 spiro atoms. The van der Waals surface area contributed by atoms with Crippen molar-refractivity contribution in [3.8, 4) is 0 Å². The molecule has 0 aliphatic rings. The van der Waals surface area contributed by atoms with Crippen LogP contribution in [0.3, 0.4) is 0 Å². The first-order chi connectivity index (χ1) is 13.6. The lowest BCUT2D eigenvalue weighted by atomic mass is 9.73. The van der Waals surface area contributed by atoms with E-state index in [1.165, 1.54) is 0 Å². The first-order valence-electron chi connectivity index (χ1n) is 11.0. The van der Waals surface area contributed by atoms with Crippen molar-refractivity contribution in [2.75, 3.05) is 13.2 Å². The van der Waals surface area contributed by atoms with Crippen LogP contribution in [0, 0.1) is 0 Å². The van der Waals surface area contributed by atoms with Crippen molar-refractivity contribution in [2.45, 2.75) is 90.4 Å². The lowest BCUT2D eigenvalue weighted by molar-refractivity contribution is -0.158. The van der Waals surface area contributed by atoms with Crippen molar-refractivity contribution in [3.05, 3.63) is 35.9 Å². The van der Waals surface area contributed by atoms with Gasteiger partial charge >= 0.3 is 11.9 Å². The Labute approximate surface area is 171 Å². The normalized spacial score (nSPS) is 13.0. The Balaban J connectivity index is 3.00. The molecule has 1 unspecified atom stereocenters. The molecule has 1 aromatic carbocycles. The van der Waals surface area contributed by atoms with Gasteiger partial charge in [-0.15, -0.1) is 0 Å². The highest BCUT2D eigenvalue weighted by molar-refractivity contribution is 5.88. The van der Waals surface area contributed by atoms with E-state index >= 15 is 0 Å². The summed E-state index contributed by atoms with van der Waals surface area (Å²) in [7, 11) is 0. The zero-order valence-corrected chi connectivity index (χ0v) is 18.0. The SMILES string of the molecule is CCCCCOC(=O)CC(CCCC)(C(=O)OCCCCC)c1ccccc1. The second-order valence-electron chi connectivity index (χ2n) is 7.50. The van der Waals surface area contributed by atoms with E-state index in [-0.39, 0.29) is 18.4 Å². The lowest BCUT2D eigenvalue weighted by Gasteiger charge is -2.31. The van der Waals surface area contributed by atoms with E-state index in [0.717, 1.165) is 56.9 Å². The minimum Gasteiger partial charge on any atom is -0.466 e. The average Bonchev–Trinajstić information content (AvgIpc) is 2.72. The highest BCUT2D eigenvalue weighted by atomic mass is 16.5. The van der Waals surface area contributed by atoms with E-state index < -0.39 is 5.41 Å². The van der Waals surface area contributed by atoms with Gasteiger partial charge in [-0.1, -0.05) is 89.6 Å². The predicted octanol–water partition coefficient (Wildman–Crippen LogP) is 5.97. The number of hydrogen-bond acceptors (Lipinski definition) is 4. The number of hydrogen-bond donors (Lipinski definition) is 0. The smallest absolute Gasteiger partial charge is 0.317 e. The molecule has 0 aromatic heterocycles. The van der Waals surface area contributed by atoms with Gasteiger partial charge in [-0.25, -0.2) is 0 Å². The van der Waals surface area contributed by atoms with Crippen LogP contribution >= 0.6 is 0 Å². The minimum atomic E-state index is -0.967. The highest BCUT2D eigenvalue weighted by Gasteiger charge is 2.43. The van der Waals surface area contributed by atoms with E-state index in [4.69, 9.17) is 9.47 Å². The zero-order valence-electron chi connectivity index (χ0n) is 18.0. The van der Waals surface area contributed by atoms with Crippen LogP contribution in [0.2, 0.25) is 0 Å². The van der Waals surface area contributed by atoms with Crippen LogP contribution in [0.4, 0.5) is 0 Å². The maximum Gasteiger partial charge on any atom is 0.317 e. The summed E-state index contributed by atoms with van der Waals surface area (Å²) in [6.07, 6.45) is 8.34. The lowest BCUT2D eigenvalue weighted by Crippen LogP contribution is -2.40. The van der Waals surface area contributed by atoms with Gasteiger partial charge in [0.05, 0.1) is 19.6 Å². The summed E-state index contributed by atoms with van der Waals surface area (Å²) in [5.41, 5.74) is -0.125. The van der Waals surface area contributed by atoms with E-state index in [9.17, 15) is 9.59 Å². The van der Waals surface area contributed by atoms with Crippen LogP contribution in [0.5, 0.6) is 0 Å². The molecular weight excluding hydrogens is 352 g/mol. The van der Waals surface area contributed by atoms with Crippen molar-refractivity contribution in [1.29, 1.82) is 0 Å². The van der Waals surface area contributed by atoms with Gasteiger partial charge in [0.2, 0.25) is 0 Å². The molecule has 0 heterocycles. The van der Waals surface area contributed by atoms with Gasteiger partial charge in [0, 0.05) is 0 Å². The molecule has 0 aliphatic carbocycles. The second kappa shape index (κ2) is 14.2. The van der Waals surface area contributed by atoms with Crippen LogP contribution in [0.15, 0.2) is 30.3 Å². The fourth-order valence-electron chi connectivity index (χ4n) is 3.35. The van der Waals surface area contributed by atoms with Crippen molar-refractivity contribution < 1.29 is 19.1 Å². The Morgan fingerprint density at radius 1 is 0.786 bits per heavy atom. The summed E-state index contributed by atoms with van der Waals surface area (Å²) in [5, 5.41) is 0. The molecule has 0 N–H and O–H groups in total. The third kappa shape index (κ3) is 8.04. The van der Waals surface area contributed by atoms with Gasteiger partial charge in [-0.3, -0.25) is 9.59 Å². The number of esters is 2. The summed E-state index contributed by atoms with van der Waals surface area (Å²) < 4.78 is 11.1. The van der Waals surface area contributed by atoms with Crippen LogP contribution in [0.1, 0.15) is 90.5 Å². The maximum atomic E-state index is 13.2. The van der Waals surface area contributed by atoms with Gasteiger partial charge in [-0.2, -0.15) is 0 Å². The van der Waals surface area contributed by atoms with Gasteiger partial charge in [0.1, 0.15) is 5.41 Å². The summed E-state index contributed by atoms with van der Waals surface area (Å²) in [6.45, 7) is 7.13. The number of unbranched alkanes of at least 4 members (excludes halogenated alkanes) is 5. The number of ether oxygens (including phenoxy) is 2. The second-order valence-corrected chi connectivity index (χ2v) is 7.50. The summed E-state index contributed by atoms with van der Waals surface area (Å²) >= 11 is 0. The molecular formula is C24H38O4. The quantitative estimate of drug-likeness (QED) is 0.273. The Kier molecular flexibility index (Phi) is 12.3. The van der Waals surface area contributed by atoms with Gasteiger partial charge < -0.3 is 9.47 Å². The fourth-order valence-corrected chi connectivity index (χ4v) is 3.35. The predicted molar refractivity (Wildman–Crippen MR) is 113 cm³/mol. The molecule has 0 bridgehead atoms. The summed E-state index contributed by atoms with van der Waals surface area (Å²) in [4.78, 5) is 25.8. The standard InChI is InChI=1S/C24H38O4/c1-4-7-13-18-27-22(25)20-24(17-9-6-3,21-15-11-10-12-16-21)23(26)28-19-14-8-5-2/h10-12,15-16H,4-9,13-14,17-20H2,1-3H3. The number of carbonyl (C=O) groups excluding carboxylic acids is 2. The Hall–Kier alpha value is -1.84. The molecule has 0 fully saturated rings. The molecule has 1 rings (SSSR count). The van der Waals surface area contributed by atoms with E-state index in [2.05, 4.69) is 20.8 Å². The van der Waals surface area contributed by atoms with Crippen molar-refractivity contribution in [3.63, 3.8) is 0 Å². The fraction of sp³-hybridized carbons (Fsp3) is 0.667. The number of carbonyl (C=O) groups is 2. The van der Waals surface area contributed by atoms with Crippen LogP contribution in [0.25, 0.3) is 0 Å².